The SMILES string of the molecule is C[C@H]1CCc2c(sc3nc([C@@H](C)OC(=O)Cc4ccc(F)cc4)[nH]c(=O)c23)C1. The van der Waals surface area contributed by atoms with Gasteiger partial charge in [0.1, 0.15) is 10.6 Å². The molecule has 3 aromatic rings. The highest BCUT2D eigenvalue weighted by molar-refractivity contribution is 7.18. The molecule has 0 saturated carbocycles. The number of aryl methyl sites for hydroxylation is 1. The maximum atomic E-state index is 13.0. The molecule has 0 radical (unpaired) electrons. The van der Waals surface area contributed by atoms with Crippen molar-refractivity contribution in [2.75, 3.05) is 0 Å². The molecule has 0 unspecified atom stereocenters. The second kappa shape index (κ2) is 7.47. The van der Waals surface area contributed by atoms with Gasteiger partial charge in [-0.3, -0.25) is 9.59 Å². The van der Waals surface area contributed by atoms with Gasteiger partial charge in [0.2, 0.25) is 0 Å². The second-order valence-corrected chi connectivity index (χ2v) is 8.50. The number of benzene rings is 1. The summed E-state index contributed by atoms with van der Waals surface area (Å²) in [5.41, 5.74) is 1.61. The van der Waals surface area contributed by atoms with Crippen molar-refractivity contribution in [2.45, 2.75) is 45.6 Å². The number of hydrogen-bond acceptors (Lipinski definition) is 5. The number of fused-ring (bicyclic) bond motifs is 3. The quantitative estimate of drug-likeness (QED) is 0.670. The molecule has 146 valence electrons. The first-order valence-corrected chi connectivity index (χ1v) is 10.2. The van der Waals surface area contributed by atoms with Gasteiger partial charge >= 0.3 is 5.97 Å². The molecule has 2 atom stereocenters. The van der Waals surface area contributed by atoms with Gasteiger partial charge in [-0.2, -0.15) is 0 Å². The van der Waals surface area contributed by atoms with E-state index in [1.165, 1.54) is 17.0 Å². The number of aromatic nitrogens is 2. The first-order chi connectivity index (χ1) is 13.4. The number of hydrogen-bond donors (Lipinski definition) is 1. The van der Waals surface area contributed by atoms with Gasteiger partial charge in [0.15, 0.2) is 11.9 Å². The van der Waals surface area contributed by atoms with Crippen molar-refractivity contribution >= 4 is 27.5 Å². The highest BCUT2D eigenvalue weighted by Crippen LogP contribution is 2.35. The Morgan fingerprint density at radius 1 is 1.39 bits per heavy atom. The van der Waals surface area contributed by atoms with Gasteiger partial charge in [-0.05, 0) is 55.4 Å². The van der Waals surface area contributed by atoms with Crippen molar-refractivity contribution in [1.82, 2.24) is 9.97 Å². The van der Waals surface area contributed by atoms with Crippen LogP contribution in [0.25, 0.3) is 10.2 Å². The van der Waals surface area contributed by atoms with Crippen LogP contribution in [0.2, 0.25) is 0 Å². The molecule has 1 aliphatic rings. The number of aromatic amines is 1. The number of thiophene rings is 1. The van der Waals surface area contributed by atoms with E-state index in [0.717, 1.165) is 24.8 Å². The number of rotatable bonds is 4. The Morgan fingerprint density at radius 2 is 2.14 bits per heavy atom. The van der Waals surface area contributed by atoms with Crippen LogP contribution in [0.3, 0.4) is 0 Å². The third kappa shape index (κ3) is 3.71. The molecular weight excluding hydrogens is 379 g/mol. The summed E-state index contributed by atoms with van der Waals surface area (Å²) in [7, 11) is 0. The summed E-state index contributed by atoms with van der Waals surface area (Å²) in [5.74, 6) is 0.150. The molecule has 7 heteroatoms. The minimum Gasteiger partial charge on any atom is -0.454 e. The third-order valence-corrected chi connectivity index (χ3v) is 6.29. The molecule has 0 aliphatic heterocycles. The van der Waals surface area contributed by atoms with E-state index in [0.29, 0.717) is 27.5 Å². The van der Waals surface area contributed by atoms with Crippen LogP contribution in [0.5, 0.6) is 0 Å². The minimum atomic E-state index is -0.678. The lowest BCUT2D eigenvalue weighted by Crippen LogP contribution is -2.18. The number of ether oxygens (including phenoxy) is 1. The van der Waals surface area contributed by atoms with Crippen LogP contribution in [-0.4, -0.2) is 15.9 Å². The van der Waals surface area contributed by atoms with Gasteiger partial charge in [0.05, 0.1) is 11.8 Å². The van der Waals surface area contributed by atoms with Gasteiger partial charge in [-0.1, -0.05) is 19.1 Å². The summed E-state index contributed by atoms with van der Waals surface area (Å²) in [6.07, 6.45) is 2.32. The number of carbonyl (C=O) groups is 1. The number of halogens is 1. The average Bonchev–Trinajstić information content (AvgIpc) is 3.01. The van der Waals surface area contributed by atoms with Gasteiger partial charge < -0.3 is 9.72 Å². The predicted molar refractivity (Wildman–Crippen MR) is 106 cm³/mol. The Balaban J connectivity index is 1.54. The highest BCUT2D eigenvalue weighted by atomic mass is 32.1. The molecule has 28 heavy (non-hydrogen) atoms. The zero-order valence-corrected chi connectivity index (χ0v) is 16.6. The molecule has 0 fully saturated rings. The molecule has 0 amide bonds. The molecular formula is C21H21FN2O3S. The van der Waals surface area contributed by atoms with Crippen LogP contribution in [0, 0.1) is 11.7 Å². The van der Waals surface area contributed by atoms with E-state index in [1.54, 1.807) is 30.4 Å². The zero-order chi connectivity index (χ0) is 19.8. The summed E-state index contributed by atoms with van der Waals surface area (Å²) in [5, 5.41) is 0.681. The summed E-state index contributed by atoms with van der Waals surface area (Å²) >= 11 is 1.56. The van der Waals surface area contributed by atoms with Crippen LogP contribution in [0.1, 0.15) is 48.2 Å². The Hall–Kier alpha value is -2.54. The fourth-order valence-corrected chi connectivity index (χ4v) is 5.01. The summed E-state index contributed by atoms with van der Waals surface area (Å²) in [4.78, 5) is 34.2. The minimum absolute atomic E-state index is 0.0300. The van der Waals surface area contributed by atoms with E-state index in [2.05, 4.69) is 16.9 Å². The summed E-state index contributed by atoms with van der Waals surface area (Å²) in [6, 6.07) is 5.70. The fraction of sp³-hybridized carbons (Fsp3) is 0.381. The topological polar surface area (TPSA) is 72.0 Å². The number of H-pyrrole nitrogens is 1. The third-order valence-electron chi connectivity index (χ3n) is 5.14. The Kier molecular flexibility index (Phi) is 5.02. The van der Waals surface area contributed by atoms with Crippen molar-refractivity contribution in [1.29, 1.82) is 0 Å². The summed E-state index contributed by atoms with van der Waals surface area (Å²) < 4.78 is 18.4. The van der Waals surface area contributed by atoms with Crippen LogP contribution < -0.4 is 5.56 Å². The Labute approximate surface area is 165 Å². The van der Waals surface area contributed by atoms with Crippen molar-refractivity contribution in [3.63, 3.8) is 0 Å². The molecule has 4 rings (SSSR count). The van der Waals surface area contributed by atoms with Gasteiger partial charge in [0.25, 0.3) is 5.56 Å². The van der Waals surface area contributed by atoms with Crippen molar-refractivity contribution in [3.8, 4) is 0 Å². The molecule has 1 aromatic carbocycles. The van der Waals surface area contributed by atoms with Crippen molar-refractivity contribution in [3.05, 3.63) is 62.3 Å². The standard InChI is InChI=1S/C21H21FN2O3S/c1-11-3-8-15-16(9-11)28-21-18(15)20(26)23-19(24-21)12(2)27-17(25)10-13-4-6-14(22)7-5-13/h4-7,11-12H,3,8-10H2,1-2H3,(H,23,24,26)/t11-,12+/m0/s1. The molecule has 5 nitrogen and oxygen atoms in total. The maximum Gasteiger partial charge on any atom is 0.310 e. The molecule has 2 heterocycles. The second-order valence-electron chi connectivity index (χ2n) is 7.42. The Bertz CT molecular complexity index is 1090. The van der Waals surface area contributed by atoms with E-state index in [9.17, 15) is 14.0 Å². The predicted octanol–water partition coefficient (Wildman–Crippen LogP) is 4.10. The number of carbonyl (C=O) groups excluding carboxylic acids is 1. The number of nitrogens with one attached hydrogen (secondary N) is 1. The number of nitrogens with zero attached hydrogens (tertiary/aromatic N) is 1. The smallest absolute Gasteiger partial charge is 0.310 e. The molecule has 0 saturated heterocycles. The maximum absolute atomic E-state index is 13.0. The van der Waals surface area contributed by atoms with Crippen LogP contribution in [0.4, 0.5) is 4.39 Å². The van der Waals surface area contributed by atoms with E-state index in [1.807, 2.05) is 0 Å². The van der Waals surface area contributed by atoms with Crippen LogP contribution >= 0.6 is 11.3 Å². The summed E-state index contributed by atoms with van der Waals surface area (Å²) in [6.45, 7) is 3.90. The van der Waals surface area contributed by atoms with Crippen LogP contribution in [0.15, 0.2) is 29.1 Å². The highest BCUT2D eigenvalue weighted by Gasteiger charge is 2.24. The molecule has 1 aliphatic carbocycles. The van der Waals surface area contributed by atoms with E-state index >= 15 is 0 Å². The first-order valence-electron chi connectivity index (χ1n) is 9.39. The molecule has 0 bridgehead atoms. The van der Waals surface area contributed by atoms with Crippen molar-refractivity contribution in [2.24, 2.45) is 5.92 Å². The van der Waals surface area contributed by atoms with E-state index in [-0.39, 0.29) is 17.8 Å². The van der Waals surface area contributed by atoms with Crippen LogP contribution in [-0.2, 0) is 28.8 Å². The fourth-order valence-electron chi connectivity index (χ4n) is 3.62. The number of esters is 1. The van der Waals surface area contributed by atoms with E-state index < -0.39 is 12.1 Å². The first kappa shape index (κ1) is 18.8. The lowest BCUT2D eigenvalue weighted by molar-refractivity contribution is -0.148. The van der Waals surface area contributed by atoms with Crippen molar-refractivity contribution < 1.29 is 13.9 Å². The average molecular weight is 400 g/mol. The normalized spacial score (nSPS) is 17.3. The Morgan fingerprint density at radius 3 is 2.89 bits per heavy atom. The molecule has 2 aromatic heterocycles. The lowest BCUT2D eigenvalue weighted by atomic mass is 9.89. The molecule has 1 N–H and O–H groups in total. The lowest BCUT2D eigenvalue weighted by Gasteiger charge is -2.17. The monoisotopic (exact) mass is 400 g/mol. The van der Waals surface area contributed by atoms with E-state index in [4.69, 9.17) is 4.74 Å². The largest absolute Gasteiger partial charge is 0.454 e. The van der Waals surface area contributed by atoms with Gasteiger partial charge in [-0.25, -0.2) is 9.37 Å². The zero-order valence-electron chi connectivity index (χ0n) is 15.8. The van der Waals surface area contributed by atoms with Gasteiger partial charge in [-0.15, -0.1) is 11.3 Å². The van der Waals surface area contributed by atoms with Gasteiger partial charge in [0, 0.05) is 4.88 Å². The molecule has 0 spiro atoms.